The van der Waals surface area contributed by atoms with Crippen molar-refractivity contribution in [2.45, 2.75) is 60.0 Å². The molecule has 316 valence electrons. The molecular weight excluding hydrogens is 771 g/mol. The van der Waals surface area contributed by atoms with Crippen molar-refractivity contribution >= 4 is 52.1 Å². The molecule has 20 nitrogen and oxygen atoms in total. The van der Waals surface area contributed by atoms with E-state index in [-0.39, 0.29) is 41.8 Å². The van der Waals surface area contributed by atoms with Crippen molar-refractivity contribution < 1.29 is 23.9 Å². The number of hydrogen-bond acceptors (Lipinski definition) is 13. The zero-order valence-corrected chi connectivity index (χ0v) is 34.2. The zero-order chi connectivity index (χ0) is 42.5. The Morgan fingerprint density at radius 2 is 1.57 bits per heavy atom. The van der Waals surface area contributed by atoms with Crippen molar-refractivity contribution in [2.24, 2.45) is 11.5 Å². The SMILES string of the molecule is CCn1nc(C)cc1C(=O)Nc1nc2nc(C(N)=O)ccc2n1C/C=C/CN1c2c(cc(C(N)=O)cc2OCCCN2CCNCC2)NC1NC(=O)c1cc(C)nn1CC. The second kappa shape index (κ2) is 18.0. The van der Waals surface area contributed by atoms with Crippen molar-refractivity contribution in [3.05, 3.63) is 82.6 Å². The van der Waals surface area contributed by atoms with Crippen LogP contribution >= 0.6 is 0 Å². The molecule has 1 saturated heterocycles. The summed E-state index contributed by atoms with van der Waals surface area (Å²) in [5.74, 6) is -1.45. The van der Waals surface area contributed by atoms with E-state index in [9.17, 15) is 19.2 Å². The largest absolute Gasteiger partial charge is 0.491 e. The van der Waals surface area contributed by atoms with Gasteiger partial charge in [0.25, 0.3) is 17.7 Å². The number of piperazine rings is 1. The third-order valence-electron chi connectivity index (χ3n) is 10.3. The summed E-state index contributed by atoms with van der Waals surface area (Å²) in [6.07, 6.45) is 3.79. The van der Waals surface area contributed by atoms with E-state index in [0.717, 1.165) is 39.1 Å². The highest BCUT2D eigenvalue weighted by atomic mass is 16.5. The number of allylic oxidation sites excluding steroid dienone is 1. The first kappa shape index (κ1) is 41.4. The number of primary amides is 2. The average Bonchev–Trinajstić information content (AvgIpc) is 4.00. The van der Waals surface area contributed by atoms with Crippen LogP contribution in [0.2, 0.25) is 0 Å². The van der Waals surface area contributed by atoms with Crippen LogP contribution in [0.15, 0.2) is 48.6 Å². The van der Waals surface area contributed by atoms with Gasteiger partial charge in [0.2, 0.25) is 11.9 Å². The van der Waals surface area contributed by atoms with Gasteiger partial charge in [0.05, 0.1) is 29.2 Å². The summed E-state index contributed by atoms with van der Waals surface area (Å²) in [6.45, 7) is 14.0. The number of nitrogens with two attached hydrogens (primary N) is 2. The van der Waals surface area contributed by atoms with Crippen LogP contribution in [0.5, 0.6) is 5.75 Å². The minimum Gasteiger partial charge on any atom is -0.491 e. The third kappa shape index (κ3) is 8.93. The van der Waals surface area contributed by atoms with E-state index in [1.807, 2.05) is 44.7 Å². The lowest BCUT2D eigenvalue weighted by Crippen LogP contribution is -2.50. The molecule has 0 bridgehead atoms. The van der Waals surface area contributed by atoms with Gasteiger partial charge in [-0.25, -0.2) is 4.98 Å². The smallest absolute Gasteiger partial charge is 0.276 e. The Bertz CT molecular complexity index is 2440. The number of pyridine rings is 1. The summed E-state index contributed by atoms with van der Waals surface area (Å²) < 4.78 is 11.4. The number of aryl methyl sites for hydroxylation is 4. The van der Waals surface area contributed by atoms with E-state index in [1.54, 1.807) is 44.3 Å². The van der Waals surface area contributed by atoms with Crippen LogP contribution < -0.4 is 42.4 Å². The number of nitrogens with zero attached hydrogens (tertiary/aromatic N) is 9. The molecule has 2 aliphatic heterocycles. The van der Waals surface area contributed by atoms with Crippen LogP contribution in [0.3, 0.4) is 0 Å². The molecule has 1 fully saturated rings. The van der Waals surface area contributed by atoms with Crippen molar-refractivity contribution in [1.29, 1.82) is 0 Å². The van der Waals surface area contributed by atoms with Gasteiger partial charge in [-0.15, -0.1) is 0 Å². The standard InChI is InChI=1S/C40H51N15O5/c1-5-54-30(20-24(3)49-54)37(58)47-39-45-28-22-26(34(41)56)23-32(60-19-9-14-51-17-12-43-13-18-51)33(28)53(39)16-8-7-15-52-29-11-10-27(35(42)57)44-36(29)46-40(52)48-38(59)31-21-25(4)50-55(31)6-2/h7-8,10-11,20-23,39,43,45H,5-6,9,12-19H2,1-4H3,(H2,41,56)(H2,42,57)(H,47,58)(H,44,46,48,59)/b8-7+. The number of benzene rings is 1. The quantitative estimate of drug-likeness (QED) is 0.0579. The van der Waals surface area contributed by atoms with Gasteiger partial charge < -0.3 is 46.5 Å². The molecule has 1 unspecified atom stereocenters. The lowest BCUT2D eigenvalue weighted by atomic mass is 10.1. The maximum absolute atomic E-state index is 13.8. The van der Waals surface area contributed by atoms with E-state index in [4.69, 9.17) is 16.2 Å². The van der Waals surface area contributed by atoms with E-state index in [2.05, 4.69) is 46.3 Å². The minimum absolute atomic E-state index is 0.0343. The summed E-state index contributed by atoms with van der Waals surface area (Å²) in [5, 5.41) is 21.6. The summed E-state index contributed by atoms with van der Waals surface area (Å²) in [4.78, 5) is 65.1. The summed E-state index contributed by atoms with van der Waals surface area (Å²) in [7, 11) is 0. The van der Waals surface area contributed by atoms with Gasteiger partial charge in [0.1, 0.15) is 28.5 Å². The molecule has 6 heterocycles. The predicted molar refractivity (Wildman–Crippen MR) is 225 cm³/mol. The molecule has 1 aromatic carbocycles. The molecule has 0 radical (unpaired) electrons. The highest BCUT2D eigenvalue weighted by Crippen LogP contribution is 2.43. The highest BCUT2D eigenvalue weighted by Gasteiger charge is 2.34. The number of imidazole rings is 1. The topological polar surface area (TPSA) is 250 Å². The first-order valence-corrected chi connectivity index (χ1v) is 20.0. The third-order valence-corrected chi connectivity index (χ3v) is 10.3. The van der Waals surface area contributed by atoms with Crippen LogP contribution in [-0.4, -0.2) is 115 Å². The molecular formula is C40H51N15O5. The van der Waals surface area contributed by atoms with Crippen molar-refractivity contribution in [1.82, 2.24) is 49.6 Å². The Labute approximate surface area is 346 Å². The number of hydrogen-bond donors (Lipinski definition) is 6. The molecule has 1 atom stereocenters. The first-order valence-electron chi connectivity index (χ1n) is 20.0. The number of carbonyl (C=O) groups is 4. The summed E-state index contributed by atoms with van der Waals surface area (Å²) in [5.41, 5.74) is 15.7. The Morgan fingerprint density at radius 1 is 0.883 bits per heavy atom. The molecule has 2 aliphatic rings. The van der Waals surface area contributed by atoms with Gasteiger partial charge in [-0.2, -0.15) is 15.2 Å². The van der Waals surface area contributed by atoms with Crippen LogP contribution in [0.4, 0.5) is 17.3 Å². The number of ether oxygens (including phenoxy) is 1. The van der Waals surface area contributed by atoms with Crippen LogP contribution in [0.1, 0.15) is 73.5 Å². The molecule has 4 amide bonds. The number of amides is 4. The Kier molecular flexibility index (Phi) is 12.4. The molecule has 0 saturated carbocycles. The van der Waals surface area contributed by atoms with Crippen molar-refractivity contribution in [3.63, 3.8) is 0 Å². The lowest BCUT2D eigenvalue weighted by Gasteiger charge is -2.28. The molecule has 0 aliphatic carbocycles. The maximum atomic E-state index is 13.8. The van der Waals surface area contributed by atoms with Gasteiger partial charge in [0.15, 0.2) is 11.9 Å². The summed E-state index contributed by atoms with van der Waals surface area (Å²) >= 11 is 0. The van der Waals surface area contributed by atoms with Crippen molar-refractivity contribution in [2.75, 3.05) is 61.4 Å². The van der Waals surface area contributed by atoms with Crippen LogP contribution in [-0.2, 0) is 19.6 Å². The van der Waals surface area contributed by atoms with E-state index >= 15 is 0 Å². The van der Waals surface area contributed by atoms with Crippen molar-refractivity contribution in [3.8, 4) is 5.75 Å². The zero-order valence-electron chi connectivity index (χ0n) is 34.2. The number of nitrogens with one attached hydrogen (secondary N) is 4. The van der Waals surface area contributed by atoms with Crippen LogP contribution in [0, 0.1) is 13.8 Å². The second-order valence-corrected chi connectivity index (χ2v) is 14.5. The molecule has 20 heteroatoms. The van der Waals surface area contributed by atoms with Gasteiger partial charge in [-0.05, 0) is 70.5 Å². The fourth-order valence-corrected chi connectivity index (χ4v) is 7.43. The molecule has 0 spiro atoms. The Hall–Kier alpha value is -6.80. The normalized spacial score (nSPS) is 15.3. The average molecular weight is 822 g/mol. The van der Waals surface area contributed by atoms with E-state index in [1.165, 1.54) is 6.07 Å². The molecule has 8 N–H and O–H groups in total. The highest BCUT2D eigenvalue weighted by molar-refractivity contribution is 6.03. The van der Waals surface area contributed by atoms with Crippen LogP contribution in [0.25, 0.3) is 11.2 Å². The fourth-order valence-electron chi connectivity index (χ4n) is 7.43. The number of aromatic nitrogens is 7. The predicted octanol–water partition coefficient (Wildman–Crippen LogP) is 1.81. The van der Waals surface area contributed by atoms with Gasteiger partial charge in [-0.1, -0.05) is 12.2 Å². The van der Waals surface area contributed by atoms with Gasteiger partial charge >= 0.3 is 0 Å². The molecule has 4 aromatic heterocycles. The lowest BCUT2D eigenvalue weighted by molar-refractivity contribution is 0.0928. The van der Waals surface area contributed by atoms with E-state index < -0.39 is 24.0 Å². The molecule has 5 aromatic rings. The fraction of sp³-hybridized carbons (Fsp3) is 0.400. The number of anilines is 3. The van der Waals surface area contributed by atoms with E-state index in [0.29, 0.717) is 65.1 Å². The first-order chi connectivity index (χ1) is 28.9. The summed E-state index contributed by atoms with van der Waals surface area (Å²) in [6, 6.07) is 9.89. The van der Waals surface area contributed by atoms with Gasteiger partial charge in [-0.3, -0.25) is 33.9 Å². The monoisotopic (exact) mass is 821 g/mol. The van der Waals surface area contributed by atoms with Gasteiger partial charge in [0, 0.05) is 64.5 Å². The molecule has 60 heavy (non-hydrogen) atoms. The maximum Gasteiger partial charge on any atom is 0.276 e. The number of rotatable bonds is 17. The minimum atomic E-state index is -0.767. The Morgan fingerprint density at radius 3 is 2.23 bits per heavy atom. The molecule has 7 rings (SSSR count). The Balaban J connectivity index is 1.18. The number of fused-ring (bicyclic) bond motifs is 2. The second-order valence-electron chi connectivity index (χ2n) is 14.5. The number of carbonyl (C=O) groups excluding carboxylic acids is 4.